The van der Waals surface area contributed by atoms with Gasteiger partial charge in [0, 0.05) is 13.1 Å². The van der Waals surface area contributed by atoms with Gasteiger partial charge < -0.3 is 20.4 Å². The van der Waals surface area contributed by atoms with Crippen molar-refractivity contribution in [1.29, 1.82) is 0 Å². The van der Waals surface area contributed by atoms with Crippen LogP contribution in [0.5, 0.6) is 0 Å². The quantitative estimate of drug-likeness (QED) is 0.658. The van der Waals surface area contributed by atoms with Crippen LogP contribution in [0.1, 0.15) is 45.4 Å². The molecule has 3 N–H and O–H groups in total. The van der Waals surface area contributed by atoms with Crippen molar-refractivity contribution in [2.75, 3.05) is 27.2 Å². The summed E-state index contributed by atoms with van der Waals surface area (Å²) in [4.78, 5) is 13.7. The van der Waals surface area contributed by atoms with Crippen molar-refractivity contribution in [3.63, 3.8) is 0 Å². The second-order valence-corrected chi connectivity index (χ2v) is 6.47. The van der Waals surface area contributed by atoms with Gasteiger partial charge in [-0.1, -0.05) is 19.3 Å². The molecule has 0 aromatic carbocycles. The van der Waals surface area contributed by atoms with Gasteiger partial charge in [-0.3, -0.25) is 4.79 Å². The molecule has 0 bridgehead atoms. The third-order valence-corrected chi connectivity index (χ3v) is 3.60. The van der Waals surface area contributed by atoms with Crippen LogP contribution in [-0.4, -0.2) is 59.4 Å². The van der Waals surface area contributed by atoms with Gasteiger partial charge in [0.1, 0.15) is 0 Å². The summed E-state index contributed by atoms with van der Waals surface area (Å²) in [7, 11) is 3.75. The third kappa shape index (κ3) is 6.36. The summed E-state index contributed by atoms with van der Waals surface area (Å²) in [5, 5.41) is 23.1. The molecule has 19 heavy (non-hydrogen) atoms. The monoisotopic (exact) mass is 272 g/mol. The largest absolute Gasteiger partial charge is 0.389 e. The normalized spacial score (nSPS) is 22.0. The molecular formula is C14H28N2O3. The van der Waals surface area contributed by atoms with E-state index >= 15 is 0 Å². The SMILES string of the molecule is CN(C)CC(C)(O)CNC(=O)CC1(O)CCCCC1. The molecule has 0 saturated heterocycles. The van der Waals surface area contributed by atoms with E-state index in [1.165, 1.54) is 0 Å². The first-order valence-corrected chi connectivity index (χ1v) is 7.09. The molecule has 1 atom stereocenters. The summed E-state index contributed by atoms with van der Waals surface area (Å²) in [6.45, 7) is 2.39. The Kier molecular flexibility index (Phi) is 5.77. The summed E-state index contributed by atoms with van der Waals surface area (Å²) in [5.41, 5.74) is -1.79. The summed E-state index contributed by atoms with van der Waals surface area (Å²) < 4.78 is 0. The summed E-state index contributed by atoms with van der Waals surface area (Å²) in [6.07, 6.45) is 4.67. The number of hydrogen-bond donors (Lipinski definition) is 3. The molecule has 1 saturated carbocycles. The van der Waals surface area contributed by atoms with Crippen LogP contribution >= 0.6 is 0 Å². The summed E-state index contributed by atoms with van der Waals surface area (Å²) >= 11 is 0. The van der Waals surface area contributed by atoms with E-state index in [9.17, 15) is 15.0 Å². The molecule has 0 spiro atoms. The van der Waals surface area contributed by atoms with Crippen LogP contribution < -0.4 is 5.32 Å². The average Bonchev–Trinajstić information content (AvgIpc) is 2.25. The Labute approximate surface area is 116 Å². The fraction of sp³-hybridized carbons (Fsp3) is 0.929. The molecule has 0 radical (unpaired) electrons. The first-order chi connectivity index (χ1) is 8.72. The zero-order chi connectivity index (χ0) is 14.5. The third-order valence-electron chi connectivity index (χ3n) is 3.60. The number of rotatable bonds is 6. The highest BCUT2D eigenvalue weighted by Crippen LogP contribution is 2.30. The number of carbonyl (C=O) groups is 1. The van der Waals surface area contributed by atoms with Crippen LogP contribution in [0.2, 0.25) is 0 Å². The molecule has 1 rings (SSSR count). The van der Waals surface area contributed by atoms with E-state index in [1.54, 1.807) is 6.92 Å². The minimum absolute atomic E-state index is 0.144. The Balaban J connectivity index is 2.34. The molecule has 0 aliphatic heterocycles. The van der Waals surface area contributed by atoms with Crippen molar-refractivity contribution in [2.24, 2.45) is 0 Å². The van der Waals surface area contributed by atoms with Gasteiger partial charge in [-0.15, -0.1) is 0 Å². The minimum Gasteiger partial charge on any atom is -0.389 e. The molecule has 5 nitrogen and oxygen atoms in total. The molecule has 0 aromatic rings. The van der Waals surface area contributed by atoms with Gasteiger partial charge in [0.15, 0.2) is 0 Å². The molecule has 1 aliphatic rings. The van der Waals surface area contributed by atoms with E-state index in [4.69, 9.17) is 0 Å². The molecule has 0 heterocycles. The number of amides is 1. The molecule has 1 aliphatic carbocycles. The number of likely N-dealkylation sites (N-methyl/N-ethyl adjacent to an activating group) is 1. The van der Waals surface area contributed by atoms with Crippen molar-refractivity contribution in [3.05, 3.63) is 0 Å². The molecule has 1 amide bonds. The van der Waals surface area contributed by atoms with E-state index in [-0.39, 0.29) is 18.9 Å². The highest BCUT2D eigenvalue weighted by atomic mass is 16.3. The summed E-state index contributed by atoms with van der Waals surface area (Å²) in [5.74, 6) is -0.177. The zero-order valence-electron chi connectivity index (χ0n) is 12.4. The van der Waals surface area contributed by atoms with E-state index < -0.39 is 11.2 Å². The number of aliphatic hydroxyl groups is 2. The number of nitrogens with zero attached hydrogens (tertiary/aromatic N) is 1. The second kappa shape index (κ2) is 6.68. The van der Waals surface area contributed by atoms with Crippen LogP contribution in [0, 0.1) is 0 Å². The smallest absolute Gasteiger partial charge is 0.222 e. The fourth-order valence-corrected chi connectivity index (χ4v) is 2.77. The average molecular weight is 272 g/mol. The highest BCUT2D eigenvalue weighted by molar-refractivity contribution is 5.77. The van der Waals surface area contributed by atoms with E-state index in [0.29, 0.717) is 19.4 Å². The molecule has 0 aromatic heterocycles. The molecular weight excluding hydrogens is 244 g/mol. The van der Waals surface area contributed by atoms with Crippen molar-refractivity contribution in [3.8, 4) is 0 Å². The van der Waals surface area contributed by atoms with Gasteiger partial charge >= 0.3 is 0 Å². The van der Waals surface area contributed by atoms with Crippen LogP contribution in [0.3, 0.4) is 0 Å². The van der Waals surface area contributed by atoms with Gasteiger partial charge in [-0.05, 0) is 33.9 Å². The number of carbonyl (C=O) groups excluding carboxylic acids is 1. The zero-order valence-corrected chi connectivity index (χ0v) is 12.4. The molecule has 1 fully saturated rings. The van der Waals surface area contributed by atoms with Gasteiger partial charge in [0.05, 0.1) is 17.6 Å². The van der Waals surface area contributed by atoms with Gasteiger partial charge in [-0.25, -0.2) is 0 Å². The van der Waals surface area contributed by atoms with E-state index in [0.717, 1.165) is 19.3 Å². The van der Waals surface area contributed by atoms with Gasteiger partial charge in [0.25, 0.3) is 0 Å². The predicted octanol–water partition coefficient (Wildman–Crippen LogP) is 0.500. The van der Waals surface area contributed by atoms with Gasteiger partial charge in [0.2, 0.25) is 5.91 Å². The number of nitrogens with one attached hydrogen (secondary N) is 1. The standard InChI is InChI=1S/C14H28N2O3/c1-13(18,11-16(2)3)10-15-12(17)9-14(19)7-5-4-6-8-14/h18-19H,4-11H2,1-3H3,(H,15,17). The minimum atomic E-state index is -0.950. The topological polar surface area (TPSA) is 72.8 Å². The maximum atomic E-state index is 11.9. The first-order valence-electron chi connectivity index (χ1n) is 7.09. The van der Waals surface area contributed by atoms with Gasteiger partial charge in [-0.2, -0.15) is 0 Å². The van der Waals surface area contributed by atoms with Crippen molar-refractivity contribution < 1.29 is 15.0 Å². The van der Waals surface area contributed by atoms with Crippen molar-refractivity contribution >= 4 is 5.91 Å². The fourth-order valence-electron chi connectivity index (χ4n) is 2.77. The lowest BCUT2D eigenvalue weighted by Gasteiger charge is -2.32. The summed E-state index contributed by atoms with van der Waals surface area (Å²) in [6, 6.07) is 0. The van der Waals surface area contributed by atoms with Crippen LogP contribution in [0.4, 0.5) is 0 Å². The van der Waals surface area contributed by atoms with Crippen LogP contribution in [-0.2, 0) is 4.79 Å². The molecule has 5 heteroatoms. The number of hydrogen-bond acceptors (Lipinski definition) is 4. The van der Waals surface area contributed by atoms with Crippen LogP contribution in [0.25, 0.3) is 0 Å². The van der Waals surface area contributed by atoms with E-state index in [1.807, 2.05) is 19.0 Å². The maximum absolute atomic E-state index is 11.9. The Morgan fingerprint density at radius 1 is 1.32 bits per heavy atom. The lowest BCUT2D eigenvalue weighted by molar-refractivity contribution is -0.128. The maximum Gasteiger partial charge on any atom is 0.222 e. The first kappa shape index (κ1) is 16.4. The second-order valence-electron chi connectivity index (χ2n) is 6.47. The van der Waals surface area contributed by atoms with Crippen molar-refractivity contribution in [1.82, 2.24) is 10.2 Å². The molecule has 112 valence electrons. The van der Waals surface area contributed by atoms with Crippen molar-refractivity contribution in [2.45, 2.75) is 56.7 Å². The van der Waals surface area contributed by atoms with E-state index in [2.05, 4.69) is 5.32 Å². The lowest BCUT2D eigenvalue weighted by atomic mass is 9.82. The Morgan fingerprint density at radius 2 is 1.89 bits per heavy atom. The molecule has 1 unspecified atom stereocenters. The highest BCUT2D eigenvalue weighted by Gasteiger charge is 2.32. The van der Waals surface area contributed by atoms with Crippen LogP contribution in [0.15, 0.2) is 0 Å². The Bertz CT molecular complexity index is 297. The predicted molar refractivity (Wildman–Crippen MR) is 74.8 cm³/mol. The Hall–Kier alpha value is -0.650. The Morgan fingerprint density at radius 3 is 2.42 bits per heavy atom. The lowest BCUT2D eigenvalue weighted by Crippen LogP contribution is -2.48.